The lowest BCUT2D eigenvalue weighted by Gasteiger charge is -2.37. The van der Waals surface area contributed by atoms with Crippen LogP contribution in [-0.4, -0.2) is 55.1 Å². The van der Waals surface area contributed by atoms with Crippen molar-refractivity contribution in [1.29, 1.82) is 0 Å². The number of alkyl halides is 1. The molecule has 126 valence electrons. The van der Waals surface area contributed by atoms with Gasteiger partial charge >= 0.3 is 0 Å². The molecule has 1 aromatic rings. The summed E-state index contributed by atoms with van der Waals surface area (Å²) in [6, 6.07) is 0. The molecule has 22 heavy (non-hydrogen) atoms. The highest BCUT2D eigenvalue weighted by Crippen LogP contribution is 2.44. The SMILES string of the molecule is CNCCN(C)Cc1cn[nH]c1C1CCC(CF)(CP)CC1. The predicted molar refractivity (Wildman–Crippen MR) is 93.0 cm³/mol. The summed E-state index contributed by atoms with van der Waals surface area (Å²) < 4.78 is 13.3. The molecule has 1 aliphatic carbocycles. The van der Waals surface area contributed by atoms with Crippen LogP contribution in [0.15, 0.2) is 6.20 Å². The lowest BCUT2D eigenvalue weighted by molar-refractivity contribution is 0.153. The molecular weight excluding hydrogens is 298 g/mol. The molecule has 4 nitrogen and oxygen atoms in total. The van der Waals surface area contributed by atoms with Gasteiger partial charge in [-0.05, 0) is 45.9 Å². The van der Waals surface area contributed by atoms with Crippen LogP contribution in [0.5, 0.6) is 0 Å². The molecule has 2 N–H and O–H groups in total. The second-order valence-corrected chi connectivity index (χ2v) is 7.17. The molecule has 0 saturated heterocycles. The molecule has 1 saturated carbocycles. The first-order valence-corrected chi connectivity index (χ1v) is 9.07. The van der Waals surface area contributed by atoms with Gasteiger partial charge in [0.05, 0.1) is 12.9 Å². The van der Waals surface area contributed by atoms with E-state index < -0.39 is 0 Å². The van der Waals surface area contributed by atoms with Crippen molar-refractivity contribution in [3.05, 3.63) is 17.5 Å². The molecule has 1 heterocycles. The second-order valence-electron chi connectivity index (χ2n) is 6.76. The largest absolute Gasteiger partial charge is 0.318 e. The Kier molecular flexibility index (Phi) is 6.79. The average molecular weight is 328 g/mol. The first-order valence-electron chi connectivity index (χ1n) is 8.25. The standard InChI is InChI=1S/C16H30FN4P/c1-18-7-8-21(2)10-14-9-19-20-15(14)13-3-5-16(11-17,12-22)6-4-13/h9,13,18H,3-8,10-12,22H2,1-2H3,(H,19,20). The van der Waals surface area contributed by atoms with Crippen molar-refractivity contribution in [3.63, 3.8) is 0 Å². The lowest BCUT2D eigenvalue weighted by atomic mass is 9.71. The smallest absolute Gasteiger partial charge is 0.0953 e. The number of hydrogen-bond acceptors (Lipinski definition) is 3. The number of nitrogens with one attached hydrogen (secondary N) is 2. The maximum Gasteiger partial charge on any atom is 0.0953 e. The highest BCUT2D eigenvalue weighted by Gasteiger charge is 2.35. The van der Waals surface area contributed by atoms with Crippen molar-refractivity contribution < 1.29 is 4.39 Å². The fourth-order valence-electron chi connectivity index (χ4n) is 3.38. The molecule has 1 unspecified atom stereocenters. The minimum Gasteiger partial charge on any atom is -0.318 e. The van der Waals surface area contributed by atoms with E-state index >= 15 is 0 Å². The molecule has 1 fully saturated rings. The van der Waals surface area contributed by atoms with E-state index in [0.717, 1.165) is 51.5 Å². The Morgan fingerprint density at radius 3 is 2.82 bits per heavy atom. The predicted octanol–water partition coefficient (Wildman–Crippen LogP) is 2.55. The van der Waals surface area contributed by atoms with Crippen LogP contribution in [-0.2, 0) is 6.54 Å². The van der Waals surface area contributed by atoms with E-state index in [1.165, 1.54) is 11.3 Å². The molecule has 0 aromatic carbocycles. The summed E-state index contributed by atoms with van der Waals surface area (Å²) in [7, 11) is 6.84. The topological polar surface area (TPSA) is 44.0 Å². The average Bonchev–Trinajstić information content (AvgIpc) is 3.01. The first kappa shape index (κ1) is 17.8. The van der Waals surface area contributed by atoms with Gasteiger partial charge in [-0.3, -0.25) is 9.49 Å². The number of aromatic amines is 1. The second kappa shape index (κ2) is 8.37. The number of nitrogens with zero attached hydrogens (tertiary/aromatic N) is 2. The molecular formula is C16H30FN4P. The van der Waals surface area contributed by atoms with Gasteiger partial charge in [-0.1, -0.05) is 0 Å². The number of likely N-dealkylation sites (N-methyl/N-ethyl adjacent to an activating group) is 2. The molecule has 1 aromatic heterocycles. The Balaban J connectivity index is 1.95. The number of hydrogen-bond donors (Lipinski definition) is 2. The number of aromatic nitrogens is 2. The van der Waals surface area contributed by atoms with Gasteiger partial charge in [0, 0.05) is 42.2 Å². The van der Waals surface area contributed by atoms with Crippen LogP contribution < -0.4 is 5.32 Å². The van der Waals surface area contributed by atoms with Crippen molar-refractivity contribution >= 4 is 9.24 Å². The van der Waals surface area contributed by atoms with E-state index in [4.69, 9.17) is 0 Å². The van der Waals surface area contributed by atoms with E-state index in [1.54, 1.807) is 0 Å². The van der Waals surface area contributed by atoms with Crippen LogP contribution in [0, 0.1) is 5.41 Å². The Bertz CT molecular complexity index is 437. The van der Waals surface area contributed by atoms with E-state index in [9.17, 15) is 4.39 Å². The lowest BCUT2D eigenvalue weighted by Crippen LogP contribution is -2.31. The van der Waals surface area contributed by atoms with Crippen molar-refractivity contribution in [1.82, 2.24) is 20.4 Å². The molecule has 0 spiro atoms. The van der Waals surface area contributed by atoms with E-state index in [1.807, 2.05) is 13.2 Å². The summed E-state index contributed by atoms with van der Waals surface area (Å²) in [5.74, 6) is 0.506. The summed E-state index contributed by atoms with van der Waals surface area (Å²) in [6.45, 7) is 2.73. The third kappa shape index (κ3) is 4.27. The molecule has 0 amide bonds. The Morgan fingerprint density at radius 1 is 1.50 bits per heavy atom. The molecule has 2 rings (SSSR count). The van der Waals surface area contributed by atoms with Crippen molar-refractivity contribution in [3.8, 4) is 0 Å². The highest BCUT2D eigenvalue weighted by molar-refractivity contribution is 7.16. The quantitative estimate of drug-likeness (QED) is 0.721. The molecule has 0 aliphatic heterocycles. The van der Waals surface area contributed by atoms with Crippen LogP contribution in [0.2, 0.25) is 0 Å². The van der Waals surface area contributed by atoms with Gasteiger partial charge in [0.15, 0.2) is 0 Å². The fourth-order valence-corrected chi connectivity index (χ4v) is 3.90. The van der Waals surface area contributed by atoms with E-state index in [0.29, 0.717) is 5.92 Å². The third-order valence-electron chi connectivity index (χ3n) is 5.11. The Labute approximate surface area is 135 Å². The molecule has 6 heteroatoms. The van der Waals surface area contributed by atoms with Crippen LogP contribution >= 0.6 is 9.24 Å². The van der Waals surface area contributed by atoms with Gasteiger partial charge in [0.2, 0.25) is 0 Å². The first-order chi connectivity index (χ1) is 10.6. The van der Waals surface area contributed by atoms with Gasteiger partial charge in [-0.25, -0.2) is 0 Å². The van der Waals surface area contributed by atoms with E-state index in [2.05, 4.69) is 36.7 Å². The normalized spacial score (nSPS) is 25.8. The monoisotopic (exact) mass is 328 g/mol. The molecule has 1 aliphatic rings. The third-order valence-corrected chi connectivity index (χ3v) is 5.97. The highest BCUT2D eigenvalue weighted by atomic mass is 31.0. The number of halogens is 1. The van der Waals surface area contributed by atoms with Crippen LogP contribution in [0.1, 0.15) is 42.9 Å². The zero-order valence-corrected chi connectivity index (χ0v) is 15.0. The minimum atomic E-state index is -0.189. The summed E-state index contributed by atoms with van der Waals surface area (Å²) in [5, 5.41) is 10.6. The van der Waals surface area contributed by atoms with Crippen LogP contribution in [0.25, 0.3) is 0 Å². The molecule has 0 bridgehead atoms. The maximum absolute atomic E-state index is 13.3. The molecule has 0 radical (unpaired) electrons. The Hall–Kier alpha value is -0.510. The minimum absolute atomic E-state index is 0.0923. The number of rotatable bonds is 8. The van der Waals surface area contributed by atoms with Crippen LogP contribution in [0.3, 0.4) is 0 Å². The van der Waals surface area contributed by atoms with Gasteiger partial charge < -0.3 is 10.2 Å². The van der Waals surface area contributed by atoms with Crippen molar-refractivity contribution in [2.75, 3.05) is 40.0 Å². The van der Waals surface area contributed by atoms with Crippen molar-refractivity contribution in [2.24, 2.45) is 5.41 Å². The van der Waals surface area contributed by atoms with E-state index in [-0.39, 0.29) is 12.1 Å². The van der Waals surface area contributed by atoms with Gasteiger partial charge in [0.1, 0.15) is 0 Å². The zero-order chi connectivity index (χ0) is 16.0. The van der Waals surface area contributed by atoms with Gasteiger partial charge in [0.25, 0.3) is 0 Å². The van der Waals surface area contributed by atoms with Gasteiger partial charge in [-0.2, -0.15) is 5.10 Å². The van der Waals surface area contributed by atoms with Crippen LogP contribution in [0.4, 0.5) is 4.39 Å². The summed E-state index contributed by atoms with van der Waals surface area (Å²) in [5.41, 5.74) is 2.47. The Morgan fingerprint density at radius 2 is 2.23 bits per heavy atom. The van der Waals surface area contributed by atoms with Crippen molar-refractivity contribution in [2.45, 2.75) is 38.1 Å². The fraction of sp³-hybridized carbons (Fsp3) is 0.812. The summed E-state index contributed by atoms with van der Waals surface area (Å²) >= 11 is 0. The van der Waals surface area contributed by atoms with Gasteiger partial charge in [-0.15, -0.1) is 9.24 Å². The zero-order valence-electron chi connectivity index (χ0n) is 13.9. The number of H-pyrrole nitrogens is 1. The molecule has 1 atom stereocenters. The summed E-state index contributed by atoms with van der Waals surface area (Å²) in [6.07, 6.45) is 6.91. The maximum atomic E-state index is 13.3. The summed E-state index contributed by atoms with van der Waals surface area (Å²) in [4.78, 5) is 2.31.